The smallest absolute Gasteiger partial charge is 0.164 e. The Morgan fingerprint density at radius 2 is 1.02 bits per heavy atom. The molecule has 0 saturated heterocycles. The lowest BCUT2D eigenvalue weighted by atomic mass is 9.87. The van der Waals surface area contributed by atoms with Crippen molar-refractivity contribution in [3.8, 4) is 56.4 Å². The van der Waals surface area contributed by atoms with Crippen molar-refractivity contribution in [2.45, 2.75) is 38.5 Å². The summed E-state index contributed by atoms with van der Waals surface area (Å²) in [5.74, 6) is 1.92. The van der Waals surface area contributed by atoms with Crippen molar-refractivity contribution in [2.24, 2.45) is 0 Å². The minimum atomic E-state index is 0.626. The lowest BCUT2D eigenvalue weighted by molar-refractivity contribution is 0.669. The Bertz CT molecular complexity index is 2730. The third-order valence-electron chi connectivity index (χ3n) is 11.0. The molecule has 4 nitrogen and oxygen atoms in total. The number of nitrogens with zero attached hydrogens (tertiary/aromatic N) is 3. The minimum Gasteiger partial charge on any atom is -0.456 e. The van der Waals surface area contributed by atoms with E-state index in [1.807, 2.05) is 72.8 Å². The molecule has 2 heterocycles. The van der Waals surface area contributed by atoms with Crippen LogP contribution in [0.25, 0.3) is 89.5 Å². The van der Waals surface area contributed by atoms with Crippen molar-refractivity contribution in [3.63, 3.8) is 0 Å². The Kier molecular flexibility index (Phi) is 8.57. The van der Waals surface area contributed by atoms with E-state index in [1.165, 1.54) is 52.7 Å². The fourth-order valence-corrected chi connectivity index (χ4v) is 8.00. The van der Waals surface area contributed by atoms with Gasteiger partial charge >= 0.3 is 0 Å². The zero-order valence-electron chi connectivity index (χ0n) is 30.6. The summed E-state index contributed by atoms with van der Waals surface area (Å²) in [6.07, 6.45) is 16.3. The van der Waals surface area contributed by atoms with Gasteiger partial charge < -0.3 is 4.42 Å². The van der Waals surface area contributed by atoms with E-state index in [2.05, 4.69) is 91.0 Å². The molecule has 0 atom stereocenters. The summed E-state index contributed by atoms with van der Waals surface area (Å²) in [7, 11) is 0. The van der Waals surface area contributed by atoms with Crippen molar-refractivity contribution in [2.75, 3.05) is 0 Å². The van der Waals surface area contributed by atoms with Crippen molar-refractivity contribution < 1.29 is 4.42 Å². The number of rotatable bonds is 7. The van der Waals surface area contributed by atoms with Gasteiger partial charge in [-0.1, -0.05) is 115 Å². The molecule has 0 fully saturated rings. The third kappa shape index (κ3) is 6.61. The second-order valence-electron chi connectivity index (χ2n) is 14.6. The molecule has 0 unspecified atom stereocenters. The van der Waals surface area contributed by atoms with Gasteiger partial charge in [-0.05, 0) is 132 Å². The van der Waals surface area contributed by atoms with Gasteiger partial charge in [-0.25, -0.2) is 15.0 Å². The number of fused-ring (bicyclic) bond motifs is 3. The molecule has 55 heavy (non-hydrogen) atoms. The Morgan fingerprint density at radius 1 is 0.400 bits per heavy atom. The third-order valence-corrected chi connectivity index (χ3v) is 11.0. The summed E-state index contributed by atoms with van der Waals surface area (Å²) in [6, 6.07) is 49.1. The summed E-state index contributed by atoms with van der Waals surface area (Å²) in [6.45, 7) is 0. The van der Waals surface area contributed by atoms with E-state index in [1.54, 1.807) is 0 Å². The topological polar surface area (TPSA) is 51.8 Å². The first-order chi connectivity index (χ1) is 27.2. The first-order valence-corrected chi connectivity index (χ1v) is 19.4. The highest BCUT2D eigenvalue weighted by atomic mass is 16.3. The molecule has 8 aromatic rings. The molecule has 0 spiro atoms. The minimum absolute atomic E-state index is 0.626. The van der Waals surface area contributed by atoms with E-state index in [4.69, 9.17) is 19.4 Å². The summed E-state index contributed by atoms with van der Waals surface area (Å²) in [4.78, 5) is 14.8. The maximum absolute atomic E-state index is 6.46. The fraction of sp³-hybridized carbons (Fsp3) is 0.118. The molecule has 6 aromatic carbocycles. The zero-order chi connectivity index (χ0) is 36.6. The molecule has 10 rings (SSSR count). The van der Waals surface area contributed by atoms with Gasteiger partial charge in [0.2, 0.25) is 0 Å². The Hall–Kier alpha value is -6.65. The number of benzene rings is 6. The van der Waals surface area contributed by atoms with E-state index in [0.717, 1.165) is 69.0 Å². The van der Waals surface area contributed by atoms with Gasteiger partial charge in [-0.3, -0.25) is 0 Å². The summed E-state index contributed by atoms with van der Waals surface area (Å²) in [5, 5.41) is 2.09. The van der Waals surface area contributed by atoms with Gasteiger partial charge in [0.1, 0.15) is 11.2 Å². The zero-order valence-corrected chi connectivity index (χ0v) is 30.6. The molecule has 0 radical (unpaired) electrons. The SMILES string of the molecule is C1=CCCC(c2cc(C3=CCCCC3)cc(-c3ccc(-c4ccc5c(c4)oc4ccc(-c6nc(-c7ccccc7)nc(-c7ccccc7)n6)cc45)cc3)c2)=C1. The van der Waals surface area contributed by atoms with E-state index in [0.29, 0.717) is 17.5 Å². The van der Waals surface area contributed by atoms with E-state index >= 15 is 0 Å². The Labute approximate surface area is 321 Å². The average molecular weight is 710 g/mol. The molecular formula is C51H39N3O. The molecule has 4 heteroatoms. The maximum Gasteiger partial charge on any atom is 0.164 e. The number of aromatic nitrogens is 3. The van der Waals surface area contributed by atoms with E-state index < -0.39 is 0 Å². The monoisotopic (exact) mass is 709 g/mol. The molecular weight excluding hydrogens is 671 g/mol. The predicted octanol–water partition coefficient (Wildman–Crippen LogP) is 13.8. The van der Waals surface area contributed by atoms with Gasteiger partial charge in [0.15, 0.2) is 17.5 Å². The van der Waals surface area contributed by atoms with Crippen molar-refractivity contribution in [1.82, 2.24) is 15.0 Å². The average Bonchev–Trinajstić information content (AvgIpc) is 3.64. The van der Waals surface area contributed by atoms with Gasteiger partial charge in [-0.15, -0.1) is 0 Å². The van der Waals surface area contributed by atoms with Gasteiger partial charge in [-0.2, -0.15) is 0 Å². The molecule has 2 aromatic heterocycles. The standard InChI is InChI=1S/C51H39N3O/c1-5-13-34(14-6-1)42-29-43(35-15-7-2-8-16-35)31-44(30-42)37-23-21-36(22-24-37)40-25-27-45-46-32-41(26-28-47(46)55-48(45)33-40)51-53-49(38-17-9-3-10-18-38)52-50(54-51)39-19-11-4-12-20-39/h1,3-5,9-13,15,17-33H,2,6-8,14,16H2. The van der Waals surface area contributed by atoms with Crippen LogP contribution in [0.2, 0.25) is 0 Å². The normalized spacial score (nSPS) is 14.3. The highest BCUT2D eigenvalue weighted by molar-refractivity contribution is 6.07. The molecule has 2 aliphatic rings. The van der Waals surface area contributed by atoms with Crippen LogP contribution >= 0.6 is 0 Å². The van der Waals surface area contributed by atoms with Crippen LogP contribution in [0.15, 0.2) is 168 Å². The molecule has 2 aliphatic carbocycles. The van der Waals surface area contributed by atoms with Crippen LogP contribution in [0.1, 0.15) is 49.7 Å². The fourth-order valence-electron chi connectivity index (χ4n) is 8.00. The van der Waals surface area contributed by atoms with Crippen molar-refractivity contribution >= 4 is 33.1 Å². The van der Waals surface area contributed by atoms with Gasteiger partial charge in [0.25, 0.3) is 0 Å². The number of hydrogen-bond donors (Lipinski definition) is 0. The van der Waals surface area contributed by atoms with Crippen LogP contribution in [0.3, 0.4) is 0 Å². The highest BCUT2D eigenvalue weighted by Gasteiger charge is 2.16. The second-order valence-corrected chi connectivity index (χ2v) is 14.6. The van der Waals surface area contributed by atoms with Gasteiger partial charge in [0.05, 0.1) is 0 Å². The number of allylic oxidation sites excluding steroid dienone is 6. The van der Waals surface area contributed by atoms with Crippen LogP contribution in [0.4, 0.5) is 0 Å². The lowest BCUT2D eigenvalue weighted by Gasteiger charge is -2.18. The first kappa shape index (κ1) is 33.0. The molecule has 0 amide bonds. The van der Waals surface area contributed by atoms with Crippen LogP contribution in [0, 0.1) is 0 Å². The van der Waals surface area contributed by atoms with Crippen LogP contribution in [0.5, 0.6) is 0 Å². The summed E-state index contributed by atoms with van der Waals surface area (Å²) in [5.41, 5.74) is 14.9. The predicted molar refractivity (Wildman–Crippen MR) is 227 cm³/mol. The highest BCUT2D eigenvalue weighted by Crippen LogP contribution is 2.38. The number of furan rings is 1. The molecule has 0 N–H and O–H groups in total. The second kappa shape index (κ2) is 14.3. The van der Waals surface area contributed by atoms with Crippen molar-refractivity contribution in [3.05, 3.63) is 175 Å². The number of hydrogen-bond acceptors (Lipinski definition) is 4. The van der Waals surface area contributed by atoms with E-state index in [9.17, 15) is 0 Å². The Morgan fingerprint density at radius 3 is 1.67 bits per heavy atom. The quantitative estimate of drug-likeness (QED) is 0.165. The van der Waals surface area contributed by atoms with Crippen LogP contribution in [-0.4, -0.2) is 15.0 Å². The lowest BCUT2D eigenvalue weighted by Crippen LogP contribution is -2.00. The molecule has 0 aliphatic heterocycles. The summed E-state index contributed by atoms with van der Waals surface area (Å²) >= 11 is 0. The maximum atomic E-state index is 6.46. The first-order valence-electron chi connectivity index (χ1n) is 19.4. The van der Waals surface area contributed by atoms with Gasteiger partial charge in [0, 0.05) is 27.5 Å². The molecule has 0 bridgehead atoms. The Balaban J connectivity index is 0.984. The van der Waals surface area contributed by atoms with E-state index in [-0.39, 0.29) is 0 Å². The van der Waals surface area contributed by atoms with Crippen LogP contribution in [-0.2, 0) is 0 Å². The summed E-state index contributed by atoms with van der Waals surface area (Å²) < 4.78 is 6.46. The molecule has 264 valence electrons. The largest absolute Gasteiger partial charge is 0.456 e. The van der Waals surface area contributed by atoms with Crippen LogP contribution < -0.4 is 0 Å². The van der Waals surface area contributed by atoms with Crippen molar-refractivity contribution in [1.29, 1.82) is 0 Å². The molecule has 0 saturated carbocycles.